The van der Waals surface area contributed by atoms with Crippen molar-refractivity contribution in [2.45, 2.75) is 32.0 Å². The molecule has 2 N–H and O–H groups in total. The molecule has 4 aliphatic heterocycles. The second-order valence-corrected chi connectivity index (χ2v) is 8.89. The molecule has 0 radical (unpaired) electrons. The molecule has 0 aliphatic carbocycles. The van der Waals surface area contributed by atoms with E-state index in [4.69, 9.17) is 30.2 Å². The summed E-state index contributed by atoms with van der Waals surface area (Å²) in [4.78, 5) is 23.3. The maximum atomic E-state index is 5.99. The summed E-state index contributed by atoms with van der Waals surface area (Å²) in [6.45, 7) is 7.21. The molecule has 0 saturated carbocycles. The van der Waals surface area contributed by atoms with Gasteiger partial charge in [0.15, 0.2) is 5.82 Å². The molecular formula is C20H25N7O2. The van der Waals surface area contributed by atoms with E-state index in [1.165, 1.54) is 0 Å². The number of fused-ring (bicyclic) bond motifs is 2. The zero-order valence-electron chi connectivity index (χ0n) is 16.5. The van der Waals surface area contributed by atoms with Crippen LogP contribution in [0.1, 0.15) is 18.4 Å². The van der Waals surface area contributed by atoms with E-state index in [1.54, 1.807) is 6.20 Å². The van der Waals surface area contributed by atoms with Crippen molar-refractivity contribution < 1.29 is 9.47 Å². The Morgan fingerprint density at radius 3 is 2.34 bits per heavy atom. The lowest BCUT2D eigenvalue weighted by Crippen LogP contribution is -2.66. The number of aryl methyl sites for hydroxylation is 1. The van der Waals surface area contributed by atoms with Crippen LogP contribution in [0.2, 0.25) is 0 Å². The van der Waals surface area contributed by atoms with Crippen LogP contribution in [0.3, 0.4) is 0 Å². The number of aromatic nitrogens is 4. The fraction of sp³-hybridized carbons (Fsp3) is 0.600. The first-order valence-electron chi connectivity index (χ1n) is 10.3. The van der Waals surface area contributed by atoms with Gasteiger partial charge in [0.2, 0.25) is 11.9 Å². The summed E-state index contributed by atoms with van der Waals surface area (Å²) in [5.74, 6) is 2.62. The molecule has 6 rings (SSSR count). The van der Waals surface area contributed by atoms with Crippen LogP contribution in [0.4, 0.5) is 17.7 Å². The number of hydrogen-bond donors (Lipinski definition) is 1. The highest BCUT2D eigenvalue weighted by atomic mass is 16.5. The summed E-state index contributed by atoms with van der Waals surface area (Å²) in [6, 6.07) is 1.86. The predicted octanol–water partition coefficient (Wildman–Crippen LogP) is 1.03. The van der Waals surface area contributed by atoms with Crippen LogP contribution in [-0.4, -0.2) is 71.5 Å². The molecule has 6 heterocycles. The van der Waals surface area contributed by atoms with E-state index >= 15 is 0 Å². The molecule has 1 spiro atoms. The van der Waals surface area contributed by atoms with Gasteiger partial charge in [0, 0.05) is 37.9 Å². The topological polar surface area (TPSA) is 103 Å². The van der Waals surface area contributed by atoms with Gasteiger partial charge in [-0.25, -0.2) is 4.98 Å². The average Bonchev–Trinajstić information content (AvgIpc) is 2.97. The van der Waals surface area contributed by atoms with Crippen LogP contribution in [-0.2, 0) is 9.47 Å². The first kappa shape index (κ1) is 17.3. The molecule has 9 heteroatoms. The highest BCUT2D eigenvalue weighted by Crippen LogP contribution is 2.40. The van der Waals surface area contributed by atoms with E-state index in [9.17, 15) is 0 Å². The van der Waals surface area contributed by atoms with Crippen LogP contribution in [0.25, 0.3) is 11.4 Å². The van der Waals surface area contributed by atoms with Gasteiger partial charge in [-0.15, -0.1) is 0 Å². The Kier molecular flexibility index (Phi) is 3.73. The molecule has 2 unspecified atom stereocenters. The van der Waals surface area contributed by atoms with E-state index < -0.39 is 0 Å². The summed E-state index contributed by atoms with van der Waals surface area (Å²) >= 11 is 0. The van der Waals surface area contributed by atoms with Crippen LogP contribution >= 0.6 is 0 Å². The number of ether oxygens (including phenoxy) is 2. The summed E-state index contributed by atoms with van der Waals surface area (Å²) in [5, 5.41) is 0. The Labute approximate surface area is 169 Å². The third kappa shape index (κ3) is 2.91. The quantitative estimate of drug-likeness (QED) is 0.816. The molecule has 2 atom stereocenters. The lowest BCUT2D eigenvalue weighted by atomic mass is 9.78. The van der Waals surface area contributed by atoms with Crippen molar-refractivity contribution in [1.82, 2.24) is 19.9 Å². The second kappa shape index (κ2) is 6.24. The maximum Gasteiger partial charge on any atom is 0.230 e. The minimum atomic E-state index is 0.275. The minimum Gasteiger partial charge on any atom is -0.384 e. The summed E-state index contributed by atoms with van der Waals surface area (Å²) in [5.41, 5.74) is 8.04. The van der Waals surface area contributed by atoms with Crippen molar-refractivity contribution in [3.63, 3.8) is 0 Å². The fourth-order valence-electron chi connectivity index (χ4n) is 4.83. The molecular weight excluding hydrogens is 370 g/mol. The third-order valence-corrected chi connectivity index (χ3v) is 6.46. The van der Waals surface area contributed by atoms with E-state index in [0.29, 0.717) is 17.1 Å². The molecule has 4 aliphatic rings. The number of morpholine rings is 1. The molecule has 9 nitrogen and oxygen atoms in total. The Hall–Kier alpha value is -2.52. The number of pyridine rings is 1. The summed E-state index contributed by atoms with van der Waals surface area (Å²) in [7, 11) is 0. The molecule has 152 valence electrons. The van der Waals surface area contributed by atoms with Crippen molar-refractivity contribution in [1.29, 1.82) is 0 Å². The first-order chi connectivity index (χ1) is 14.1. The van der Waals surface area contributed by atoms with Crippen LogP contribution in [0, 0.1) is 12.3 Å². The number of nitrogen functional groups attached to an aromatic ring is 1. The standard InChI is InChI=1S/C20H25N7O2/c1-12-4-16(21)22-5-15(12)17-23-18(26-6-13-2-3-14(7-26)29-13)25-19(24-17)27-8-20(9-27)10-28-11-20/h4-5,13-14H,2-3,6-11H2,1H3,(H2,21,22). The number of nitrogens with two attached hydrogens (primary N) is 1. The lowest BCUT2D eigenvalue weighted by molar-refractivity contribution is -0.127. The van der Waals surface area contributed by atoms with Crippen molar-refractivity contribution in [2.24, 2.45) is 5.41 Å². The number of rotatable bonds is 3. The highest BCUT2D eigenvalue weighted by Gasteiger charge is 2.50. The van der Waals surface area contributed by atoms with E-state index in [0.717, 1.165) is 75.3 Å². The Balaban J connectivity index is 1.38. The van der Waals surface area contributed by atoms with Gasteiger partial charge < -0.3 is 25.0 Å². The monoisotopic (exact) mass is 395 g/mol. The van der Waals surface area contributed by atoms with Gasteiger partial charge in [0.25, 0.3) is 0 Å². The average molecular weight is 395 g/mol. The second-order valence-electron chi connectivity index (χ2n) is 8.89. The molecule has 4 fully saturated rings. The molecule has 0 aromatic carbocycles. The highest BCUT2D eigenvalue weighted by molar-refractivity contribution is 5.63. The van der Waals surface area contributed by atoms with Gasteiger partial charge >= 0.3 is 0 Å². The van der Waals surface area contributed by atoms with Crippen molar-refractivity contribution in [2.75, 3.05) is 54.9 Å². The van der Waals surface area contributed by atoms with Gasteiger partial charge in [-0.2, -0.15) is 15.0 Å². The van der Waals surface area contributed by atoms with Crippen molar-refractivity contribution in [3.05, 3.63) is 17.8 Å². The van der Waals surface area contributed by atoms with E-state index in [1.807, 2.05) is 13.0 Å². The Morgan fingerprint density at radius 1 is 1.03 bits per heavy atom. The first-order valence-corrected chi connectivity index (χ1v) is 10.3. The molecule has 29 heavy (non-hydrogen) atoms. The molecule has 0 amide bonds. The normalized spacial score (nSPS) is 27.1. The van der Waals surface area contributed by atoms with Crippen LogP contribution in [0.15, 0.2) is 12.3 Å². The number of hydrogen-bond acceptors (Lipinski definition) is 9. The molecule has 4 saturated heterocycles. The molecule has 2 aromatic heterocycles. The summed E-state index contributed by atoms with van der Waals surface area (Å²) in [6.07, 6.45) is 4.53. The van der Waals surface area contributed by atoms with E-state index in [-0.39, 0.29) is 12.2 Å². The van der Waals surface area contributed by atoms with Crippen molar-refractivity contribution in [3.8, 4) is 11.4 Å². The van der Waals surface area contributed by atoms with Crippen molar-refractivity contribution >= 4 is 17.7 Å². The Bertz CT molecular complexity index is 944. The molecule has 2 aromatic rings. The number of anilines is 3. The van der Waals surface area contributed by atoms with Gasteiger partial charge in [0.05, 0.1) is 30.8 Å². The fourth-order valence-corrected chi connectivity index (χ4v) is 4.83. The third-order valence-electron chi connectivity index (χ3n) is 6.46. The smallest absolute Gasteiger partial charge is 0.230 e. The van der Waals surface area contributed by atoms with Crippen LogP contribution < -0.4 is 15.5 Å². The zero-order valence-corrected chi connectivity index (χ0v) is 16.5. The number of nitrogens with zero attached hydrogens (tertiary/aromatic N) is 6. The van der Waals surface area contributed by atoms with Crippen LogP contribution in [0.5, 0.6) is 0 Å². The Morgan fingerprint density at radius 2 is 1.72 bits per heavy atom. The summed E-state index contributed by atoms with van der Waals surface area (Å²) < 4.78 is 11.4. The van der Waals surface area contributed by atoms with Gasteiger partial charge in [0.1, 0.15) is 5.82 Å². The SMILES string of the molecule is Cc1cc(N)ncc1-c1nc(N2CC3CCC(C2)O3)nc(N2CC3(COC3)C2)n1. The van der Waals surface area contributed by atoms with Gasteiger partial charge in [-0.3, -0.25) is 0 Å². The lowest BCUT2D eigenvalue weighted by Gasteiger charge is -2.54. The van der Waals surface area contributed by atoms with Gasteiger partial charge in [-0.1, -0.05) is 0 Å². The van der Waals surface area contributed by atoms with E-state index in [2.05, 4.69) is 14.8 Å². The predicted molar refractivity (Wildman–Crippen MR) is 108 cm³/mol. The molecule has 2 bridgehead atoms. The van der Waals surface area contributed by atoms with Gasteiger partial charge in [-0.05, 0) is 31.4 Å². The largest absolute Gasteiger partial charge is 0.384 e. The minimum absolute atomic E-state index is 0.275. The zero-order chi connectivity index (χ0) is 19.6. The maximum absolute atomic E-state index is 5.99.